The lowest BCUT2D eigenvalue weighted by Gasteiger charge is -2.16. The molecule has 0 aliphatic rings. The van der Waals surface area contributed by atoms with Crippen LogP contribution in [0.2, 0.25) is 0 Å². The summed E-state index contributed by atoms with van der Waals surface area (Å²) in [5, 5.41) is 5.78. The highest BCUT2D eigenvalue weighted by Crippen LogP contribution is 2.16. The van der Waals surface area contributed by atoms with E-state index in [2.05, 4.69) is 26.0 Å². The number of carbonyl (C=O) groups is 1. The van der Waals surface area contributed by atoms with E-state index in [1.165, 1.54) is 0 Å². The van der Waals surface area contributed by atoms with Crippen LogP contribution in [-0.2, 0) is 4.79 Å². The molecule has 0 aliphatic heterocycles. The van der Waals surface area contributed by atoms with Crippen LogP contribution in [0.3, 0.4) is 0 Å². The molecule has 1 aromatic heterocycles. The lowest BCUT2D eigenvalue weighted by atomic mass is 10.2. The number of carbonyl (C=O) groups excluding carboxylic acids is 1. The van der Waals surface area contributed by atoms with Gasteiger partial charge in [0.2, 0.25) is 5.91 Å². The number of likely N-dealkylation sites (N-methyl/N-ethyl adjacent to an activating group) is 1. The van der Waals surface area contributed by atoms with Gasteiger partial charge in [-0.15, -0.1) is 0 Å². The Morgan fingerprint density at radius 3 is 2.47 bits per heavy atom. The number of aromatic nitrogens is 2. The zero-order valence-electron chi connectivity index (χ0n) is 11.8. The summed E-state index contributed by atoms with van der Waals surface area (Å²) in [6, 6.07) is 1.29. The summed E-state index contributed by atoms with van der Waals surface area (Å²) in [4.78, 5) is 20.3. The van der Waals surface area contributed by atoms with Gasteiger partial charge < -0.3 is 16.1 Å². The molecule has 7 nitrogen and oxygen atoms in total. The first-order valence-electron chi connectivity index (χ1n) is 6.37. The second kappa shape index (κ2) is 6.89. The fourth-order valence-corrected chi connectivity index (χ4v) is 1.49. The third-order valence-electron chi connectivity index (χ3n) is 2.52. The van der Waals surface area contributed by atoms with Crippen molar-refractivity contribution in [1.82, 2.24) is 15.3 Å². The molecule has 0 fully saturated rings. The number of nitrogen functional groups attached to an aromatic ring is 1. The summed E-state index contributed by atoms with van der Waals surface area (Å²) in [5.74, 6) is 7.24. The van der Waals surface area contributed by atoms with Crippen molar-refractivity contribution in [3.63, 3.8) is 0 Å². The Morgan fingerprint density at radius 1 is 1.32 bits per heavy atom. The van der Waals surface area contributed by atoms with Crippen LogP contribution in [0.25, 0.3) is 0 Å². The number of nitrogens with one attached hydrogen (secondary N) is 3. The smallest absolute Gasteiger partial charge is 0.242 e. The second-order valence-corrected chi connectivity index (χ2v) is 4.56. The first-order valence-corrected chi connectivity index (χ1v) is 6.37. The maximum Gasteiger partial charge on any atom is 0.242 e. The lowest BCUT2D eigenvalue weighted by Crippen LogP contribution is -2.37. The Labute approximate surface area is 113 Å². The Balaban J connectivity index is 2.88. The fourth-order valence-electron chi connectivity index (χ4n) is 1.49. The van der Waals surface area contributed by atoms with Crippen LogP contribution in [0.15, 0.2) is 6.07 Å². The Kier molecular flexibility index (Phi) is 5.50. The van der Waals surface area contributed by atoms with Gasteiger partial charge in [0.1, 0.15) is 23.5 Å². The predicted molar refractivity (Wildman–Crippen MR) is 75.7 cm³/mol. The SMILES string of the molecule is CCNC(=O)C(C)Nc1cc(NN)nc(C(C)C)n1. The number of hydrogen-bond acceptors (Lipinski definition) is 6. The first kappa shape index (κ1) is 15.2. The molecular weight excluding hydrogens is 244 g/mol. The molecule has 1 rings (SSSR count). The zero-order chi connectivity index (χ0) is 14.4. The van der Waals surface area contributed by atoms with Gasteiger partial charge in [-0.1, -0.05) is 13.8 Å². The average molecular weight is 266 g/mol. The quantitative estimate of drug-likeness (QED) is 0.449. The highest BCUT2D eigenvalue weighted by atomic mass is 16.2. The van der Waals surface area contributed by atoms with Crippen LogP contribution in [0.4, 0.5) is 11.6 Å². The number of hydrogen-bond donors (Lipinski definition) is 4. The van der Waals surface area contributed by atoms with Gasteiger partial charge in [0.15, 0.2) is 0 Å². The molecule has 1 amide bonds. The van der Waals surface area contributed by atoms with Crippen molar-refractivity contribution in [3.8, 4) is 0 Å². The molecular formula is C12H22N6O. The summed E-state index contributed by atoms with van der Waals surface area (Å²) < 4.78 is 0. The van der Waals surface area contributed by atoms with E-state index in [9.17, 15) is 4.79 Å². The van der Waals surface area contributed by atoms with Gasteiger partial charge in [-0.05, 0) is 13.8 Å². The maximum absolute atomic E-state index is 11.7. The van der Waals surface area contributed by atoms with Crippen molar-refractivity contribution in [3.05, 3.63) is 11.9 Å². The second-order valence-electron chi connectivity index (χ2n) is 4.56. The van der Waals surface area contributed by atoms with E-state index in [0.29, 0.717) is 24.0 Å². The number of nitrogens with two attached hydrogens (primary N) is 1. The normalized spacial score (nSPS) is 12.1. The van der Waals surface area contributed by atoms with Gasteiger partial charge in [-0.3, -0.25) is 4.79 Å². The number of anilines is 2. The highest BCUT2D eigenvalue weighted by Gasteiger charge is 2.14. The molecule has 0 aromatic carbocycles. The number of amides is 1. The molecule has 19 heavy (non-hydrogen) atoms. The lowest BCUT2D eigenvalue weighted by molar-refractivity contribution is -0.121. The molecule has 7 heteroatoms. The van der Waals surface area contributed by atoms with Crippen LogP contribution in [0, 0.1) is 0 Å². The molecule has 0 saturated carbocycles. The standard InChI is InChI=1S/C12H22N6O/c1-5-14-12(19)8(4)15-9-6-10(18-13)17-11(16-9)7(2)3/h6-8H,5,13H2,1-4H3,(H,14,19)(H2,15,16,17,18). The van der Waals surface area contributed by atoms with Crippen LogP contribution in [0.1, 0.15) is 39.4 Å². The zero-order valence-corrected chi connectivity index (χ0v) is 11.8. The van der Waals surface area contributed by atoms with E-state index in [4.69, 9.17) is 5.84 Å². The Hall–Kier alpha value is -1.89. The summed E-state index contributed by atoms with van der Waals surface area (Å²) in [7, 11) is 0. The molecule has 0 spiro atoms. The van der Waals surface area contributed by atoms with Crippen molar-refractivity contribution in [2.24, 2.45) is 5.84 Å². The molecule has 5 N–H and O–H groups in total. The van der Waals surface area contributed by atoms with E-state index in [1.807, 2.05) is 20.8 Å². The minimum absolute atomic E-state index is 0.0746. The minimum Gasteiger partial charge on any atom is -0.358 e. The van der Waals surface area contributed by atoms with E-state index in [-0.39, 0.29) is 17.9 Å². The summed E-state index contributed by atoms with van der Waals surface area (Å²) in [6.07, 6.45) is 0. The van der Waals surface area contributed by atoms with Crippen LogP contribution in [-0.4, -0.2) is 28.5 Å². The molecule has 1 unspecified atom stereocenters. The molecule has 106 valence electrons. The fraction of sp³-hybridized carbons (Fsp3) is 0.583. The topological polar surface area (TPSA) is 105 Å². The summed E-state index contributed by atoms with van der Waals surface area (Å²) >= 11 is 0. The molecule has 0 radical (unpaired) electrons. The number of nitrogens with zero attached hydrogens (tertiary/aromatic N) is 2. The molecule has 0 saturated heterocycles. The number of rotatable bonds is 6. The number of hydrazine groups is 1. The van der Waals surface area contributed by atoms with Gasteiger partial charge in [0.25, 0.3) is 0 Å². The first-order chi connectivity index (χ1) is 8.97. The molecule has 1 aromatic rings. The van der Waals surface area contributed by atoms with Crippen LogP contribution >= 0.6 is 0 Å². The Bertz CT molecular complexity index is 434. The summed E-state index contributed by atoms with van der Waals surface area (Å²) in [5.41, 5.74) is 2.50. The van der Waals surface area contributed by atoms with Gasteiger partial charge >= 0.3 is 0 Å². The van der Waals surface area contributed by atoms with Crippen molar-refractivity contribution in [2.75, 3.05) is 17.3 Å². The van der Waals surface area contributed by atoms with Gasteiger partial charge in [0, 0.05) is 18.5 Å². The van der Waals surface area contributed by atoms with Gasteiger partial charge in [-0.25, -0.2) is 15.8 Å². The van der Waals surface area contributed by atoms with Crippen LogP contribution in [0.5, 0.6) is 0 Å². The third kappa shape index (κ3) is 4.36. The minimum atomic E-state index is -0.375. The highest BCUT2D eigenvalue weighted by molar-refractivity contribution is 5.83. The van der Waals surface area contributed by atoms with Crippen LogP contribution < -0.4 is 21.9 Å². The van der Waals surface area contributed by atoms with Crippen molar-refractivity contribution < 1.29 is 4.79 Å². The Morgan fingerprint density at radius 2 is 1.95 bits per heavy atom. The van der Waals surface area contributed by atoms with Gasteiger partial charge in [0.05, 0.1) is 0 Å². The van der Waals surface area contributed by atoms with Crippen molar-refractivity contribution >= 4 is 17.5 Å². The van der Waals surface area contributed by atoms with E-state index in [0.717, 1.165) is 0 Å². The predicted octanol–water partition coefficient (Wildman–Crippen LogP) is 0.822. The maximum atomic E-state index is 11.7. The van der Waals surface area contributed by atoms with E-state index in [1.54, 1.807) is 13.0 Å². The monoisotopic (exact) mass is 266 g/mol. The van der Waals surface area contributed by atoms with E-state index < -0.39 is 0 Å². The molecule has 1 atom stereocenters. The average Bonchev–Trinajstić information content (AvgIpc) is 2.38. The molecule has 0 bridgehead atoms. The summed E-state index contributed by atoms with van der Waals surface area (Å²) in [6.45, 7) is 8.24. The van der Waals surface area contributed by atoms with Crippen molar-refractivity contribution in [1.29, 1.82) is 0 Å². The molecule has 1 heterocycles. The third-order valence-corrected chi connectivity index (χ3v) is 2.52. The molecule has 0 aliphatic carbocycles. The van der Waals surface area contributed by atoms with Crippen molar-refractivity contribution in [2.45, 2.75) is 39.7 Å². The van der Waals surface area contributed by atoms with Gasteiger partial charge in [-0.2, -0.15) is 0 Å². The largest absolute Gasteiger partial charge is 0.358 e. The van der Waals surface area contributed by atoms with E-state index >= 15 is 0 Å².